The predicted octanol–water partition coefficient (Wildman–Crippen LogP) is 0.331. The Morgan fingerprint density at radius 1 is 1.55 bits per heavy atom. The lowest BCUT2D eigenvalue weighted by molar-refractivity contribution is -0.133. The normalized spacial score (nSPS) is 10.5. The third kappa shape index (κ3) is 3.24. The minimum absolute atomic E-state index is 0.197. The van der Waals surface area contributed by atoms with Crippen LogP contribution in [0.1, 0.15) is 6.92 Å². The summed E-state index contributed by atoms with van der Waals surface area (Å²) in [6.45, 7) is 1.50. The van der Waals surface area contributed by atoms with E-state index >= 15 is 0 Å². The van der Waals surface area contributed by atoms with E-state index in [9.17, 15) is 9.59 Å². The molecule has 0 unspecified atom stereocenters. The molecule has 1 amide bonds. The summed E-state index contributed by atoms with van der Waals surface area (Å²) >= 11 is 0. The number of carboxylic acid groups (broad SMARTS) is 1. The highest BCUT2D eigenvalue weighted by Crippen LogP contribution is 1.88. The Labute approximate surface area is 63.7 Å². The van der Waals surface area contributed by atoms with Crippen molar-refractivity contribution in [2.45, 2.75) is 6.92 Å². The monoisotopic (exact) mass is 159 g/mol. The zero-order valence-corrected chi connectivity index (χ0v) is 6.25. The van der Waals surface area contributed by atoms with Gasteiger partial charge in [0.15, 0.2) is 0 Å². The number of allylic oxidation sites excluding steroid dienone is 1. The summed E-state index contributed by atoms with van der Waals surface area (Å²) in [5.41, 5.74) is -0.197. The molecule has 0 radical (unpaired) electrons. The van der Waals surface area contributed by atoms with Gasteiger partial charge in [0.05, 0.1) is 7.11 Å². The molecule has 0 aliphatic carbocycles. The van der Waals surface area contributed by atoms with Gasteiger partial charge in [-0.25, -0.2) is 9.59 Å². The molecule has 5 heteroatoms. The highest BCUT2D eigenvalue weighted by Gasteiger charge is 2.08. The second-order valence-corrected chi connectivity index (χ2v) is 1.62. The van der Waals surface area contributed by atoms with Crippen molar-refractivity contribution in [2.75, 3.05) is 7.11 Å². The van der Waals surface area contributed by atoms with E-state index in [2.05, 4.69) is 4.74 Å². The molecule has 62 valence electrons. The third-order valence-corrected chi connectivity index (χ3v) is 0.941. The highest BCUT2D eigenvalue weighted by molar-refractivity contribution is 5.90. The van der Waals surface area contributed by atoms with E-state index in [1.807, 2.05) is 5.32 Å². The maximum absolute atomic E-state index is 10.4. The van der Waals surface area contributed by atoms with Crippen molar-refractivity contribution in [3.63, 3.8) is 0 Å². The smallest absolute Gasteiger partial charge is 0.411 e. The summed E-state index contributed by atoms with van der Waals surface area (Å²) in [5, 5.41) is 10.4. The van der Waals surface area contributed by atoms with Crippen LogP contribution < -0.4 is 5.32 Å². The van der Waals surface area contributed by atoms with Gasteiger partial charge in [0, 0.05) is 0 Å². The lowest BCUT2D eigenvalue weighted by Gasteiger charge is -2.01. The first-order valence-electron chi connectivity index (χ1n) is 2.86. The average Bonchev–Trinajstić information content (AvgIpc) is 1.99. The molecule has 0 saturated heterocycles. The van der Waals surface area contributed by atoms with Crippen LogP contribution in [0.2, 0.25) is 0 Å². The van der Waals surface area contributed by atoms with Crippen LogP contribution in [-0.2, 0) is 9.53 Å². The summed E-state index contributed by atoms with van der Waals surface area (Å²) in [6, 6.07) is 0. The maximum atomic E-state index is 10.4. The fourth-order valence-electron chi connectivity index (χ4n) is 0.410. The van der Waals surface area contributed by atoms with Crippen molar-refractivity contribution in [2.24, 2.45) is 0 Å². The molecule has 0 fully saturated rings. The van der Waals surface area contributed by atoms with Gasteiger partial charge in [-0.2, -0.15) is 0 Å². The van der Waals surface area contributed by atoms with Crippen LogP contribution in [0.4, 0.5) is 4.79 Å². The van der Waals surface area contributed by atoms with E-state index in [0.717, 1.165) is 7.11 Å². The standard InChI is InChI=1S/C6H9NO4/c1-3-4(5(8)9)7-6(10)11-2/h3H,1-2H3,(H,7,10)(H,8,9)/b4-3-. The minimum atomic E-state index is -1.20. The first-order chi connectivity index (χ1) is 5.11. The third-order valence-electron chi connectivity index (χ3n) is 0.941. The Hall–Kier alpha value is -1.52. The number of carbonyl (C=O) groups is 2. The Morgan fingerprint density at radius 3 is 2.36 bits per heavy atom. The Kier molecular flexibility index (Phi) is 3.72. The van der Waals surface area contributed by atoms with Gasteiger partial charge in [0.1, 0.15) is 5.70 Å². The lowest BCUT2D eigenvalue weighted by Crippen LogP contribution is -2.26. The van der Waals surface area contributed by atoms with Crippen LogP contribution in [-0.4, -0.2) is 24.3 Å². The van der Waals surface area contributed by atoms with Crippen LogP contribution >= 0.6 is 0 Å². The van der Waals surface area contributed by atoms with E-state index in [4.69, 9.17) is 5.11 Å². The van der Waals surface area contributed by atoms with Gasteiger partial charge < -0.3 is 9.84 Å². The molecule has 0 aromatic rings. The highest BCUT2D eigenvalue weighted by atomic mass is 16.5. The van der Waals surface area contributed by atoms with Gasteiger partial charge in [-0.1, -0.05) is 6.08 Å². The molecule has 0 aliphatic rings. The summed E-state index contributed by atoms with van der Waals surface area (Å²) < 4.78 is 4.18. The summed E-state index contributed by atoms with van der Waals surface area (Å²) in [4.78, 5) is 20.7. The second kappa shape index (κ2) is 4.32. The van der Waals surface area contributed by atoms with Crippen LogP contribution in [0.5, 0.6) is 0 Å². The number of hydrogen-bond acceptors (Lipinski definition) is 3. The SMILES string of the molecule is C/C=C(\NC(=O)OC)C(=O)O. The Balaban J connectivity index is 4.12. The van der Waals surface area contributed by atoms with Crippen molar-refractivity contribution in [3.8, 4) is 0 Å². The van der Waals surface area contributed by atoms with Crippen LogP contribution in [0, 0.1) is 0 Å². The second-order valence-electron chi connectivity index (χ2n) is 1.62. The molecule has 11 heavy (non-hydrogen) atoms. The maximum Gasteiger partial charge on any atom is 0.411 e. The van der Waals surface area contributed by atoms with Crippen LogP contribution in [0.15, 0.2) is 11.8 Å². The molecule has 0 aromatic carbocycles. The van der Waals surface area contributed by atoms with E-state index in [-0.39, 0.29) is 5.70 Å². The van der Waals surface area contributed by atoms with Gasteiger partial charge in [-0.3, -0.25) is 5.32 Å². The Morgan fingerprint density at radius 2 is 2.09 bits per heavy atom. The molecule has 0 atom stereocenters. The number of nitrogens with one attached hydrogen (secondary N) is 1. The lowest BCUT2D eigenvalue weighted by atomic mass is 10.4. The molecule has 0 aliphatic heterocycles. The first-order valence-corrected chi connectivity index (χ1v) is 2.86. The molecule has 2 N–H and O–H groups in total. The number of methoxy groups -OCH3 is 1. The quantitative estimate of drug-likeness (QED) is 0.569. The predicted molar refractivity (Wildman–Crippen MR) is 36.9 cm³/mol. The van der Waals surface area contributed by atoms with Crippen molar-refractivity contribution in [1.29, 1.82) is 0 Å². The zero-order chi connectivity index (χ0) is 8.85. The zero-order valence-electron chi connectivity index (χ0n) is 6.25. The van der Waals surface area contributed by atoms with E-state index in [1.165, 1.54) is 13.0 Å². The average molecular weight is 159 g/mol. The van der Waals surface area contributed by atoms with E-state index in [0.29, 0.717) is 0 Å². The van der Waals surface area contributed by atoms with Gasteiger partial charge in [0.2, 0.25) is 0 Å². The van der Waals surface area contributed by atoms with Gasteiger partial charge in [0.25, 0.3) is 0 Å². The molecule has 0 bridgehead atoms. The number of hydrogen-bond donors (Lipinski definition) is 2. The summed E-state index contributed by atoms with van der Waals surface area (Å²) in [6.07, 6.45) is 0.472. The van der Waals surface area contributed by atoms with Crippen molar-refractivity contribution >= 4 is 12.1 Å². The molecule has 0 spiro atoms. The van der Waals surface area contributed by atoms with E-state index in [1.54, 1.807) is 0 Å². The number of carbonyl (C=O) groups excluding carboxylic acids is 1. The summed E-state index contributed by atoms with van der Waals surface area (Å²) in [7, 11) is 1.16. The van der Waals surface area contributed by atoms with Crippen LogP contribution in [0.25, 0.3) is 0 Å². The number of aliphatic carboxylic acids is 1. The van der Waals surface area contributed by atoms with Crippen molar-refractivity contribution in [1.82, 2.24) is 5.32 Å². The molecule has 0 saturated carbocycles. The van der Waals surface area contributed by atoms with E-state index < -0.39 is 12.1 Å². The minimum Gasteiger partial charge on any atom is -0.477 e. The molecule has 0 aromatic heterocycles. The number of carboxylic acids is 1. The van der Waals surface area contributed by atoms with Crippen molar-refractivity contribution < 1.29 is 19.4 Å². The molecule has 0 heterocycles. The number of amides is 1. The number of alkyl carbamates (subject to hydrolysis) is 1. The largest absolute Gasteiger partial charge is 0.477 e. The van der Waals surface area contributed by atoms with Gasteiger partial charge in [-0.05, 0) is 6.92 Å². The molecule has 5 nitrogen and oxygen atoms in total. The van der Waals surface area contributed by atoms with Crippen LogP contribution in [0.3, 0.4) is 0 Å². The summed E-state index contributed by atoms with van der Waals surface area (Å²) in [5.74, 6) is -1.20. The first kappa shape index (κ1) is 9.48. The fraction of sp³-hybridized carbons (Fsp3) is 0.333. The fourth-order valence-corrected chi connectivity index (χ4v) is 0.410. The molecule has 0 rings (SSSR count). The van der Waals surface area contributed by atoms with Gasteiger partial charge >= 0.3 is 12.1 Å². The van der Waals surface area contributed by atoms with Crippen molar-refractivity contribution in [3.05, 3.63) is 11.8 Å². The molecular formula is C6H9NO4. The number of rotatable bonds is 2. The number of ether oxygens (including phenoxy) is 1. The topological polar surface area (TPSA) is 75.6 Å². The molecular weight excluding hydrogens is 150 g/mol. The Bertz CT molecular complexity index is 197. The van der Waals surface area contributed by atoms with Gasteiger partial charge in [-0.15, -0.1) is 0 Å².